The van der Waals surface area contributed by atoms with Gasteiger partial charge in [-0.25, -0.2) is 9.37 Å². The van der Waals surface area contributed by atoms with Gasteiger partial charge in [0.05, 0.1) is 22.3 Å². The Morgan fingerprint density at radius 1 is 1.50 bits per heavy atom. The normalized spacial score (nSPS) is 16.7. The topological polar surface area (TPSA) is 105 Å². The minimum absolute atomic E-state index is 0.0331. The van der Waals surface area contributed by atoms with Crippen LogP contribution in [0, 0.1) is 17.1 Å². The van der Waals surface area contributed by atoms with Crippen molar-refractivity contribution in [1.29, 1.82) is 5.26 Å². The van der Waals surface area contributed by atoms with Crippen molar-refractivity contribution < 1.29 is 9.13 Å². The molecular formula is C14H8BrFN4O2. The van der Waals surface area contributed by atoms with E-state index in [2.05, 4.69) is 25.9 Å². The molecule has 0 unspecified atom stereocenters. The van der Waals surface area contributed by atoms with E-state index in [-0.39, 0.29) is 27.4 Å². The quantitative estimate of drug-likeness (QED) is 0.805. The fraction of sp³-hybridized carbons (Fsp3) is 0.0714. The maximum absolute atomic E-state index is 13.4. The molecule has 110 valence electrons. The number of hydrogen-bond acceptors (Lipinski definition) is 5. The second-order valence-corrected chi connectivity index (χ2v) is 5.40. The number of nitriles is 1. The van der Waals surface area contributed by atoms with Crippen molar-refractivity contribution >= 4 is 15.9 Å². The van der Waals surface area contributed by atoms with Crippen molar-refractivity contribution in [2.45, 2.75) is 5.92 Å². The first-order chi connectivity index (χ1) is 10.5. The lowest BCUT2D eigenvalue weighted by Gasteiger charge is -2.24. The molecule has 0 spiro atoms. The first-order valence-electron chi connectivity index (χ1n) is 6.13. The zero-order chi connectivity index (χ0) is 15.9. The summed E-state index contributed by atoms with van der Waals surface area (Å²) in [7, 11) is 0. The highest BCUT2D eigenvalue weighted by atomic mass is 79.9. The molecule has 6 nitrogen and oxygen atoms in total. The molecule has 1 aliphatic rings. The number of nitrogens with one attached hydrogen (secondary N) is 1. The third kappa shape index (κ3) is 2.16. The molecule has 2 aromatic rings. The monoisotopic (exact) mass is 362 g/mol. The lowest BCUT2D eigenvalue weighted by molar-refractivity contribution is 0.375. The average molecular weight is 363 g/mol. The van der Waals surface area contributed by atoms with Crippen LogP contribution < -0.4 is 16.0 Å². The maximum Gasteiger partial charge on any atom is 0.258 e. The molecular weight excluding hydrogens is 355 g/mol. The summed E-state index contributed by atoms with van der Waals surface area (Å²) in [5.41, 5.74) is 6.06. The summed E-state index contributed by atoms with van der Waals surface area (Å²) < 4.78 is 18.9. The largest absolute Gasteiger partial charge is 0.422 e. The second-order valence-electron chi connectivity index (χ2n) is 4.55. The van der Waals surface area contributed by atoms with Gasteiger partial charge in [0.1, 0.15) is 17.5 Å². The number of rotatable bonds is 1. The van der Waals surface area contributed by atoms with Gasteiger partial charge in [0.25, 0.3) is 5.56 Å². The van der Waals surface area contributed by atoms with Crippen molar-refractivity contribution in [2.75, 3.05) is 0 Å². The molecule has 8 heteroatoms. The zero-order valence-corrected chi connectivity index (χ0v) is 12.5. The Labute approximate surface area is 132 Å². The number of benzene rings is 1. The molecule has 0 saturated heterocycles. The molecule has 1 atom stereocenters. The molecule has 0 radical (unpaired) electrons. The fourth-order valence-corrected chi connectivity index (χ4v) is 2.72. The Kier molecular flexibility index (Phi) is 3.42. The van der Waals surface area contributed by atoms with Crippen LogP contribution in [-0.2, 0) is 0 Å². The summed E-state index contributed by atoms with van der Waals surface area (Å²) >= 11 is 3.09. The van der Waals surface area contributed by atoms with Gasteiger partial charge in [0, 0.05) is 0 Å². The molecule has 0 fully saturated rings. The minimum Gasteiger partial charge on any atom is -0.422 e. The van der Waals surface area contributed by atoms with E-state index in [1.807, 2.05) is 6.07 Å². The summed E-state index contributed by atoms with van der Waals surface area (Å²) in [6.07, 6.45) is 1.18. The van der Waals surface area contributed by atoms with Crippen molar-refractivity contribution in [1.82, 2.24) is 9.97 Å². The van der Waals surface area contributed by atoms with Gasteiger partial charge in [-0.15, -0.1) is 0 Å². The summed E-state index contributed by atoms with van der Waals surface area (Å²) in [5, 5.41) is 9.35. The van der Waals surface area contributed by atoms with Crippen LogP contribution in [0.3, 0.4) is 0 Å². The Morgan fingerprint density at radius 3 is 2.95 bits per heavy atom. The molecule has 0 amide bonds. The van der Waals surface area contributed by atoms with Crippen molar-refractivity contribution in [3.05, 3.63) is 67.8 Å². The third-order valence-electron chi connectivity index (χ3n) is 3.30. The van der Waals surface area contributed by atoms with Gasteiger partial charge >= 0.3 is 0 Å². The van der Waals surface area contributed by atoms with Crippen molar-refractivity contribution in [3.63, 3.8) is 0 Å². The van der Waals surface area contributed by atoms with Gasteiger partial charge in [-0.1, -0.05) is 6.07 Å². The van der Waals surface area contributed by atoms with Crippen LogP contribution >= 0.6 is 15.9 Å². The standard InChI is InChI=1S/C14H8BrFN4O2/c15-8-3-6(1-2-9(8)16)10-7(4-17)12(18)22-14-11(10)13(21)19-5-20-14/h1-3,5,10H,18H2,(H,19,20,21)/t10-/m1/s1. The number of halogens is 2. The number of fused-ring (bicyclic) bond motifs is 1. The number of hydrogen-bond donors (Lipinski definition) is 2. The molecule has 0 aliphatic carbocycles. The third-order valence-corrected chi connectivity index (χ3v) is 3.91. The van der Waals surface area contributed by atoms with E-state index in [9.17, 15) is 14.4 Å². The number of ether oxygens (including phenoxy) is 1. The van der Waals surface area contributed by atoms with E-state index in [0.29, 0.717) is 5.56 Å². The summed E-state index contributed by atoms with van der Waals surface area (Å²) in [6.45, 7) is 0. The van der Waals surface area contributed by atoms with Gasteiger partial charge in [-0.3, -0.25) is 4.79 Å². The van der Waals surface area contributed by atoms with Gasteiger partial charge in [0.15, 0.2) is 0 Å². The van der Waals surface area contributed by atoms with Crippen LogP contribution in [-0.4, -0.2) is 9.97 Å². The second kappa shape index (κ2) is 5.27. The molecule has 3 N–H and O–H groups in total. The number of nitrogens with zero attached hydrogens (tertiary/aromatic N) is 2. The molecule has 1 aromatic heterocycles. The highest BCUT2D eigenvalue weighted by Crippen LogP contribution is 2.39. The van der Waals surface area contributed by atoms with Gasteiger partial charge < -0.3 is 15.5 Å². The zero-order valence-electron chi connectivity index (χ0n) is 10.9. The number of H-pyrrole nitrogens is 1. The number of nitrogens with two attached hydrogens (primary N) is 1. The summed E-state index contributed by atoms with van der Waals surface area (Å²) in [4.78, 5) is 18.5. The molecule has 2 heterocycles. The van der Waals surface area contributed by atoms with Crippen LogP contribution in [0.1, 0.15) is 17.0 Å². The van der Waals surface area contributed by atoms with E-state index in [1.165, 1.54) is 24.5 Å². The Bertz CT molecular complexity index is 900. The van der Waals surface area contributed by atoms with E-state index < -0.39 is 17.3 Å². The lowest BCUT2D eigenvalue weighted by atomic mass is 9.85. The SMILES string of the molecule is N#CC1=C(N)Oc2nc[nH]c(=O)c2[C@@H]1c1ccc(F)c(Br)c1. The number of allylic oxidation sites excluding steroid dienone is 1. The minimum atomic E-state index is -0.775. The van der Waals surface area contributed by atoms with Gasteiger partial charge in [0.2, 0.25) is 11.8 Å². The van der Waals surface area contributed by atoms with Crippen LogP contribution in [0.4, 0.5) is 4.39 Å². The Hall–Kier alpha value is -2.66. The van der Waals surface area contributed by atoms with E-state index in [0.717, 1.165) is 0 Å². The van der Waals surface area contributed by atoms with Crippen LogP contribution in [0.25, 0.3) is 0 Å². The average Bonchev–Trinajstić information content (AvgIpc) is 2.49. The smallest absolute Gasteiger partial charge is 0.258 e. The highest BCUT2D eigenvalue weighted by Gasteiger charge is 2.34. The van der Waals surface area contributed by atoms with Gasteiger partial charge in [-0.2, -0.15) is 5.26 Å². The summed E-state index contributed by atoms with van der Waals surface area (Å²) in [6, 6.07) is 6.16. The lowest BCUT2D eigenvalue weighted by Crippen LogP contribution is -2.28. The highest BCUT2D eigenvalue weighted by molar-refractivity contribution is 9.10. The molecule has 0 bridgehead atoms. The van der Waals surface area contributed by atoms with Crippen LogP contribution in [0.15, 0.2) is 45.2 Å². The number of aromatic nitrogens is 2. The number of aromatic amines is 1. The molecule has 3 rings (SSSR count). The van der Waals surface area contributed by atoms with E-state index >= 15 is 0 Å². The maximum atomic E-state index is 13.4. The molecule has 0 saturated carbocycles. The molecule has 22 heavy (non-hydrogen) atoms. The van der Waals surface area contributed by atoms with Crippen LogP contribution in [0.5, 0.6) is 5.88 Å². The summed E-state index contributed by atoms with van der Waals surface area (Å²) in [5.74, 6) is -1.32. The van der Waals surface area contributed by atoms with Crippen molar-refractivity contribution in [2.24, 2.45) is 5.73 Å². The first kappa shape index (κ1) is 14.3. The Morgan fingerprint density at radius 2 is 2.27 bits per heavy atom. The fourth-order valence-electron chi connectivity index (χ4n) is 2.32. The first-order valence-corrected chi connectivity index (χ1v) is 6.92. The molecule has 1 aliphatic heterocycles. The van der Waals surface area contributed by atoms with E-state index in [1.54, 1.807) is 0 Å². The molecule has 1 aromatic carbocycles. The predicted octanol–water partition coefficient (Wildman–Crippen LogP) is 1.89. The van der Waals surface area contributed by atoms with Gasteiger partial charge in [-0.05, 0) is 33.6 Å². The van der Waals surface area contributed by atoms with Crippen LogP contribution in [0.2, 0.25) is 0 Å². The predicted molar refractivity (Wildman–Crippen MR) is 78.3 cm³/mol. The van der Waals surface area contributed by atoms with Crippen molar-refractivity contribution in [3.8, 4) is 11.9 Å². The Balaban J connectivity index is 2.30. The van der Waals surface area contributed by atoms with E-state index in [4.69, 9.17) is 10.5 Å².